The molecule has 1 aromatic heterocycles. The summed E-state index contributed by atoms with van der Waals surface area (Å²) < 4.78 is 0. The van der Waals surface area contributed by atoms with E-state index in [1.165, 1.54) is 0 Å². The molecule has 3 nitrogen and oxygen atoms in total. The molecular formula is C16H10Cl2N2O. The average molecular weight is 317 g/mol. The topological polar surface area (TPSA) is 42.0 Å². The summed E-state index contributed by atoms with van der Waals surface area (Å²) in [5.41, 5.74) is 1.93. The third-order valence-corrected chi connectivity index (χ3v) is 3.81. The Labute approximate surface area is 131 Å². The van der Waals surface area contributed by atoms with Gasteiger partial charge in [-0.3, -0.25) is 9.78 Å². The number of amides is 1. The third-order valence-electron chi connectivity index (χ3n) is 3.07. The molecular weight excluding hydrogens is 307 g/mol. The second-order valence-corrected chi connectivity index (χ2v) is 5.27. The number of benzene rings is 2. The molecule has 21 heavy (non-hydrogen) atoms. The van der Waals surface area contributed by atoms with Gasteiger partial charge in [-0.1, -0.05) is 35.3 Å². The third kappa shape index (κ3) is 2.84. The van der Waals surface area contributed by atoms with Gasteiger partial charge in [0.1, 0.15) is 0 Å². The van der Waals surface area contributed by atoms with Gasteiger partial charge in [-0.15, -0.1) is 0 Å². The van der Waals surface area contributed by atoms with Gasteiger partial charge < -0.3 is 5.32 Å². The number of carbonyl (C=O) groups excluding carboxylic acids is 1. The van der Waals surface area contributed by atoms with E-state index in [1.54, 1.807) is 42.6 Å². The van der Waals surface area contributed by atoms with E-state index in [0.29, 0.717) is 21.3 Å². The lowest BCUT2D eigenvalue weighted by Gasteiger charge is -2.08. The zero-order valence-electron chi connectivity index (χ0n) is 10.8. The second kappa shape index (κ2) is 5.72. The van der Waals surface area contributed by atoms with Gasteiger partial charge >= 0.3 is 0 Å². The largest absolute Gasteiger partial charge is 0.322 e. The first-order chi connectivity index (χ1) is 10.1. The fourth-order valence-electron chi connectivity index (χ4n) is 2.07. The summed E-state index contributed by atoms with van der Waals surface area (Å²) in [6, 6.07) is 14.1. The van der Waals surface area contributed by atoms with Crippen molar-refractivity contribution in [1.82, 2.24) is 4.98 Å². The van der Waals surface area contributed by atoms with Crippen molar-refractivity contribution in [2.24, 2.45) is 0 Å². The zero-order valence-corrected chi connectivity index (χ0v) is 12.3. The Kier molecular flexibility index (Phi) is 3.78. The second-order valence-electron chi connectivity index (χ2n) is 4.46. The van der Waals surface area contributed by atoms with E-state index in [1.807, 2.05) is 12.1 Å². The van der Waals surface area contributed by atoms with Gasteiger partial charge in [0.15, 0.2) is 0 Å². The Balaban J connectivity index is 1.95. The number of halogens is 2. The predicted molar refractivity (Wildman–Crippen MR) is 86.2 cm³/mol. The Bertz CT molecular complexity index is 828. The smallest absolute Gasteiger partial charge is 0.256 e. The van der Waals surface area contributed by atoms with Gasteiger partial charge in [-0.25, -0.2) is 0 Å². The Morgan fingerprint density at radius 1 is 1.00 bits per heavy atom. The number of anilines is 1. The number of rotatable bonds is 2. The Morgan fingerprint density at radius 3 is 2.67 bits per heavy atom. The molecule has 0 bridgehead atoms. The number of fused-ring (bicyclic) bond motifs is 1. The van der Waals surface area contributed by atoms with Gasteiger partial charge in [0, 0.05) is 22.8 Å². The Hall–Kier alpha value is -2.10. The van der Waals surface area contributed by atoms with E-state index in [0.717, 1.165) is 10.9 Å². The number of hydrogen-bond donors (Lipinski definition) is 1. The van der Waals surface area contributed by atoms with Crippen LogP contribution in [0.15, 0.2) is 54.7 Å². The molecule has 1 N–H and O–H groups in total. The maximum absolute atomic E-state index is 12.4. The predicted octanol–water partition coefficient (Wildman–Crippen LogP) is 4.79. The molecule has 3 aromatic rings. The fourth-order valence-corrected chi connectivity index (χ4v) is 2.37. The Morgan fingerprint density at radius 2 is 1.86 bits per heavy atom. The summed E-state index contributed by atoms with van der Waals surface area (Å²) in [4.78, 5) is 16.6. The molecule has 0 aliphatic carbocycles. The lowest BCUT2D eigenvalue weighted by molar-refractivity contribution is 0.102. The standard InChI is InChI=1S/C16H10Cl2N2O/c17-13-7-6-10(9-14(13)18)20-16(21)12-3-1-5-15-11(12)4-2-8-19-15/h1-9H,(H,20,21). The van der Waals surface area contributed by atoms with Crippen molar-refractivity contribution in [1.29, 1.82) is 0 Å². The van der Waals surface area contributed by atoms with Crippen LogP contribution in [-0.2, 0) is 0 Å². The van der Waals surface area contributed by atoms with Crippen LogP contribution in [0.1, 0.15) is 10.4 Å². The molecule has 3 rings (SSSR count). The van der Waals surface area contributed by atoms with Crippen molar-refractivity contribution in [3.63, 3.8) is 0 Å². The number of nitrogens with one attached hydrogen (secondary N) is 1. The van der Waals surface area contributed by atoms with Crippen LogP contribution in [0.2, 0.25) is 10.0 Å². The zero-order chi connectivity index (χ0) is 14.8. The normalized spacial score (nSPS) is 10.6. The minimum Gasteiger partial charge on any atom is -0.322 e. The van der Waals surface area contributed by atoms with Crippen molar-refractivity contribution in [2.75, 3.05) is 5.32 Å². The molecule has 0 saturated heterocycles. The minimum absolute atomic E-state index is 0.216. The van der Waals surface area contributed by atoms with Gasteiger partial charge in [0.05, 0.1) is 15.6 Å². The van der Waals surface area contributed by atoms with Gasteiger partial charge in [-0.05, 0) is 36.4 Å². The van der Waals surface area contributed by atoms with Gasteiger partial charge in [0.25, 0.3) is 5.91 Å². The molecule has 1 amide bonds. The number of pyridine rings is 1. The van der Waals surface area contributed by atoms with Crippen LogP contribution in [0.25, 0.3) is 10.9 Å². The molecule has 0 unspecified atom stereocenters. The SMILES string of the molecule is O=C(Nc1ccc(Cl)c(Cl)c1)c1cccc2ncccc12. The summed E-state index contributed by atoms with van der Waals surface area (Å²) in [5, 5.41) is 4.46. The molecule has 5 heteroatoms. The average Bonchev–Trinajstić information content (AvgIpc) is 2.50. The molecule has 0 aliphatic heterocycles. The van der Waals surface area contributed by atoms with Crippen LogP contribution in [-0.4, -0.2) is 10.9 Å². The van der Waals surface area contributed by atoms with E-state index in [2.05, 4.69) is 10.3 Å². The quantitative estimate of drug-likeness (QED) is 0.738. The molecule has 2 aromatic carbocycles. The molecule has 0 fully saturated rings. The highest BCUT2D eigenvalue weighted by atomic mass is 35.5. The fraction of sp³-hybridized carbons (Fsp3) is 0. The highest BCUT2D eigenvalue weighted by molar-refractivity contribution is 6.42. The lowest BCUT2D eigenvalue weighted by atomic mass is 10.1. The molecule has 104 valence electrons. The molecule has 0 saturated carbocycles. The maximum Gasteiger partial charge on any atom is 0.256 e. The summed E-state index contributed by atoms with van der Waals surface area (Å²) in [7, 11) is 0. The highest BCUT2D eigenvalue weighted by Gasteiger charge is 2.11. The van der Waals surface area contributed by atoms with Gasteiger partial charge in [0.2, 0.25) is 0 Å². The van der Waals surface area contributed by atoms with Crippen LogP contribution >= 0.6 is 23.2 Å². The van der Waals surface area contributed by atoms with Crippen LogP contribution in [0.3, 0.4) is 0 Å². The van der Waals surface area contributed by atoms with E-state index in [9.17, 15) is 4.79 Å². The molecule has 0 spiro atoms. The van der Waals surface area contributed by atoms with E-state index in [-0.39, 0.29) is 5.91 Å². The van der Waals surface area contributed by atoms with Crippen molar-refractivity contribution in [3.05, 3.63) is 70.3 Å². The van der Waals surface area contributed by atoms with Crippen LogP contribution in [0.5, 0.6) is 0 Å². The summed E-state index contributed by atoms with van der Waals surface area (Å²) in [6.45, 7) is 0. The molecule has 0 radical (unpaired) electrons. The van der Waals surface area contributed by atoms with Crippen molar-refractivity contribution >= 4 is 45.7 Å². The molecule has 1 heterocycles. The number of hydrogen-bond acceptors (Lipinski definition) is 2. The summed E-state index contributed by atoms with van der Waals surface area (Å²) in [6.07, 6.45) is 1.70. The van der Waals surface area contributed by atoms with Crippen molar-refractivity contribution in [2.45, 2.75) is 0 Å². The first-order valence-corrected chi connectivity index (χ1v) is 7.01. The minimum atomic E-state index is -0.216. The van der Waals surface area contributed by atoms with Crippen molar-refractivity contribution in [3.8, 4) is 0 Å². The number of carbonyl (C=O) groups is 1. The monoisotopic (exact) mass is 316 g/mol. The first-order valence-electron chi connectivity index (χ1n) is 6.25. The highest BCUT2D eigenvalue weighted by Crippen LogP contribution is 2.26. The van der Waals surface area contributed by atoms with Crippen LogP contribution in [0, 0.1) is 0 Å². The summed E-state index contributed by atoms with van der Waals surface area (Å²) in [5.74, 6) is -0.216. The van der Waals surface area contributed by atoms with Crippen LogP contribution in [0.4, 0.5) is 5.69 Å². The molecule has 0 atom stereocenters. The number of aromatic nitrogens is 1. The van der Waals surface area contributed by atoms with E-state index in [4.69, 9.17) is 23.2 Å². The van der Waals surface area contributed by atoms with E-state index < -0.39 is 0 Å². The maximum atomic E-state index is 12.4. The number of nitrogens with zero attached hydrogens (tertiary/aromatic N) is 1. The van der Waals surface area contributed by atoms with E-state index >= 15 is 0 Å². The van der Waals surface area contributed by atoms with Crippen LogP contribution < -0.4 is 5.32 Å². The summed E-state index contributed by atoms with van der Waals surface area (Å²) >= 11 is 11.8. The lowest BCUT2D eigenvalue weighted by Crippen LogP contribution is -2.12. The first kappa shape index (κ1) is 13.9. The van der Waals surface area contributed by atoms with Crippen molar-refractivity contribution < 1.29 is 4.79 Å². The van der Waals surface area contributed by atoms with Gasteiger partial charge in [-0.2, -0.15) is 0 Å². The molecule has 0 aliphatic rings.